The molecule has 2 rings (SSSR count). The highest BCUT2D eigenvalue weighted by atomic mass is 35.5. The van der Waals surface area contributed by atoms with E-state index in [1.54, 1.807) is 0 Å². The number of rotatable bonds is 4. The van der Waals surface area contributed by atoms with Crippen molar-refractivity contribution >= 4 is 45.5 Å². The first-order chi connectivity index (χ1) is 9.40. The molecule has 1 N–H and O–H groups in total. The first kappa shape index (κ1) is 17.2. The van der Waals surface area contributed by atoms with E-state index in [9.17, 15) is 18.5 Å². The maximum Gasteiger partial charge on any atom is 0.312 e. The predicted octanol–water partition coefficient (Wildman–Crippen LogP) is 2.87. The summed E-state index contributed by atoms with van der Waals surface area (Å²) in [6, 6.07) is 7.90. The van der Waals surface area contributed by atoms with Crippen molar-refractivity contribution in [2.45, 2.75) is 4.90 Å². The first-order valence-corrected chi connectivity index (χ1v) is 7.14. The summed E-state index contributed by atoms with van der Waals surface area (Å²) in [5.41, 5.74) is -0.426. The number of nitrogens with zero attached hydrogens (tertiary/aromatic N) is 2. The zero-order chi connectivity index (χ0) is 14.8. The van der Waals surface area contributed by atoms with E-state index in [-0.39, 0.29) is 23.1 Å². The minimum Gasteiger partial charge on any atom is -0.258 e. The summed E-state index contributed by atoms with van der Waals surface area (Å²) >= 11 is 5.67. The fourth-order valence-electron chi connectivity index (χ4n) is 1.42. The third kappa shape index (κ3) is 4.03. The van der Waals surface area contributed by atoms with Crippen LogP contribution in [0.15, 0.2) is 47.5 Å². The fourth-order valence-corrected chi connectivity index (χ4v) is 2.57. The molecule has 2 aromatic rings. The second kappa shape index (κ2) is 6.70. The van der Waals surface area contributed by atoms with Crippen LogP contribution in [-0.2, 0) is 10.0 Å². The molecule has 112 valence electrons. The van der Waals surface area contributed by atoms with E-state index in [1.165, 1.54) is 36.5 Å². The molecule has 0 amide bonds. The summed E-state index contributed by atoms with van der Waals surface area (Å²) in [6.07, 6.45) is 1.26. The fraction of sp³-hybridized carbons (Fsp3) is 0. The van der Waals surface area contributed by atoms with Gasteiger partial charge in [0.05, 0.1) is 9.82 Å². The quantitative estimate of drug-likeness (QED) is 0.675. The van der Waals surface area contributed by atoms with Crippen LogP contribution in [0.1, 0.15) is 0 Å². The molecular formula is C11H9Cl2N3O4S. The number of benzene rings is 1. The van der Waals surface area contributed by atoms with Crippen LogP contribution in [0.5, 0.6) is 0 Å². The van der Waals surface area contributed by atoms with Crippen molar-refractivity contribution < 1.29 is 13.3 Å². The maximum absolute atomic E-state index is 12.1. The smallest absolute Gasteiger partial charge is 0.258 e. The van der Waals surface area contributed by atoms with E-state index in [0.29, 0.717) is 5.02 Å². The molecule has 1 aromatic carbocycles. The van der Waals surface area contributed by atoms with Crippen LogP contribution in [0.3, 0.4) is 0 Å². The molecule has 7 nitrogen and oxygen atoms in total. The van der Waals surface area contributed by atoms with Crippen molar-refractivity contribution in [3.05, 3.63) is 57.7 Å². The van der Waals surface area contributed by atoms with E-state index in [4.69, 9.17) is 11.6 Å². The molecule has 10 heteroatoms. The number of hydrogen-bond donors (Lipinski definition) is 1. The highest BCUT2D eigenvalue weighted by molar-refractivity contribution is 7.92. The molecule has 0 radical (unpaired) electrons. The maximum atomic E-state index is 12.1. The van der Waals surface area contributed by atoms with Crippen LogP contribution >= 0.6 is 24.0 Å². The van der Waals surface area contributed by atoms with Gasteiger partial charge in [-0.3, -0.25) is 14.8 Å². The van der Waals surface area contributed by atoms with Gasteiger partial charge in [-0.05, 0) is 30.3 Å². The van der Waals surface area contributed by atoms with Gasteiger partial charge in [-0.2, -0.15) is 0 Å². The lowest BCUT2D eigenvalue weighted by atomic mass is 10.4. The van der Waals surface area contributed by atoms with Gasteiger partial charge in [-0.1, -0.05) is 11.6 Å². The average Bonchev–Trinajstić information content (AvgIpc) is 2.39. The van der Waals surface area contributed by atoms with Crippen LogP contribution in [-0.4, -0.2) is 18.3 Å². The van der Waals surface area contributed by atoms with Gasteiger partial charge in [-0.15, -0.1) is 12.4 Å². The monoisotopic (exact) mass is 349 g/mol. The van der Waals surface area contributed by atoms with E-state index < -0.39 is 20.6 Å². The van der Waals surface area contributed by atoms with Crippen LogP contribution in [0.4, 0.5) is 11.5 Å². The van der Waals surface area contributed by atoms with Gasteiger partial charge in [0, 0.05) is 17.3 Å². The number of aromatic nitrogens is 1. The Balaban J connectivity index is 0.00000220. The van der Waals surface area contributed by atoms with Crippen LogP contribution in [0.2, 0.25) is 5.02 Å². The van der Waals surface area contributed by atoms with Crippen molar-refractivity contribution in [1.29, 1.82) is 0 Å². The lowest BCUT2D eigenvalue weighted by molar-refractivity contribution is -0.384. The zero-order valence-corrected chi connectivity index (χ0v) is 12.7. The second-order valence-electron chi connectivity index (χ2n) is 3.69. The Kier molecular flexibility index (Phi) is 5.47. The van der Waals surface area contributed by atoms with Gasteiger partial charge < -0.3 is 0 Å². The Morgan fingerprint density at radius 2 is 1.81 bits per heavy atom. The Morgan fingerprint density at radius 1 is 1.19 bits per heavy atom. The van der Waals surface area contributed by atoms with Gasteiger partial charge in [0.1, 0.15) is 0 Å². The van der Waals surface area contributed by atoms with Gasteiger partial charge in [-0.25, -0.2) is 13.4 Å². The lowest BCUT2D eigenvalue weighted by Gasteiger charge is -2.07. The van der Waals surface area contributed by atoms with Crippen molar-refractivity contribution in [3.63, 3.8) is 0 Å². The van der Waals surface area contributed by atoms with E-state index >= 15 is 0 Å². The molecule has 0 unspecified atom stereocenters. The largest absolute Gasteiger partial charge is 0.312 e. The van der Waals surface area contributed by atoms with Crippen LogP contribution < -0.4 is 4.72 Å². The number of halogens is 2. The van der Waals surface area contributed by atoms with Crippen molar-refractivity contribution in [3.8, 4) is 0 Å². The van der Waals surface area contributed by atoms with Gasteiger partial charge in [0.15, 0.2) is 0 Å². The molecule has 0 spiro atoms. The van der Waals surface area contributed by atoms with E-state index in [2.05, 4.69) is 9.71 Å². The third-order valence-corrected chi connectivity index (χ3v) is 3.94. The molecule has 0 fully saturated rings. The Bertz CT molecular complexity index is 750. The first-order valence-electron chi connectivity index (χ1n) is 5.28. The Morgan fingerprint density at radius 3 is 2.38 bits per heavy atom. The van der Waals surface area contributed by atoms with Crippen molar-refractivity contribution in [2.24, 2.45) is 0 Å². The molecule has 1 heterocycles. The number of sulfonamides is 1. The SMILES string of the molecule is Cl.O=[N+]([O-])c1cccnc1NS(=O)(=O)c1ccc(Cl)cc1. The molecule has 1 aromatic heterocycles. The molecule has 0 atom stereocenters. The Hall–Kier alpha value is -1.90. The molecule has 0 bridgehead atoms. The van der Waals surface area contributed by atoms with Crippen LogP contribution in [0.25, 0.3) is 0 Å². The molecule has 0 saturated carbocycles. The zero-order valence-electron chi connectivity index (χ0n) is 10.3. The summed E-state index contributed by atoms with van der Waals surface area (Å²) in [7, 11) is -3.96. The molecule has 21 heavy (non-hydrogen) atoms. The molecular weight excluding hydrogens is 341 g/mol. The van der Waals surface area contributed by atoms with Crippen LogP contribution in [0, 0.1) is 10.1 Å². The minimum atomic E-state index is -3.96. The average molecular weight is 350 g/mol. The van der Waals surface area contributed by atoms with E-state index in [0.717, 1.165) is 6.07 Å². The minimum absolute atomic E-state index is 0. The van der Waals surface area contributed by atoms with Gasteiger partial charge in [0.25, 0.3) is 10.0 Å². The Labute approximate surface area is 131 Å². The summed E-state index contributed by atoms with van der Waals surface area (Å²) in [5, 5.41) is 11.2. The number of nitrogens with one attached hydrogen (secondary N) is 1. The highest BCUT2D eigenvalue weighted by Gasteiger charge is 2.21. The number of pyridine rings is 1. The summed E-state index contributed by atoms with van der Waals surface area (Å²) in [6.45, 7) is 0. The normalized spacial score (nSPS) is 10.5. The number of hydrogen-bond acceptors (Lipinski definition) is 5. The topological polar surface area (TPSA) is 102 Å². The highest BCUT2D eigenvalue weighted by Crippen LogP contribution is 2.24. The lowest BCUT2D eigenvalue weighted by Crippen LogP contribution is -2.15. The van der Waals surface area contributed by atoms with Gasteiger partial charge >= 0.3 is 5.69 Å². The van der Waals surface area contributed by atoms with Gasteiger partial charge in [0.2, 0.25) is 5.82 Å². The summed E-state index contributed by atoms with van der Waals surface area (Å²) < 4.78 is 26.2. The summed E-state index contributed by atoms with van der Waals surface area (Å²) in [4.78, 5) is 13.7. The number of anilines is 1. The molecule has 0 aliphatic heterocycles. The number of nitro groups is 1. The third-order valence-electron chi connectivity index (χ3n) is 2.34. The summed E-state index contributed by atoms with van der Waals surface area (Å²) in [5.74, 6) is -0.340. The van der Waals surface area contributed by atoms with E-state index in [1.807, 2.05) is 0 Å². The predicted molar refractivity (Wildman–Crippen MR) is 80.4 cm³/mol. The molecule has 0 aliphatic rings. The van der Waals surface area contributed by atoms with Crippen molar-refractivity contribution in [1.82, 2.24) is 4.98 Å². The second-order valence-corrected chi connectivity index (χ2v) is 5.81. The molecule has 0 saturated heterocycles. The standard InChI is InChI=1S/C11H8ClN3O4S.ClH/c12-8-3-5-9(6-4-8)20(18,19)14-11-10(15(16)17)2-1-7-13-11;/h1-7H,(H,13,14);1H. The van der Waals surface area contributed by atoms with Crippen molar-refractivity contribution in [2.75, 3.05) is 4.72 Å². The molecule has 0 aliphatic carbocycles.